The molecule has 37 heavy (non-hydrogen) atoms. The van der Waals surface area contributed by atoms with Gasteiger partial charge in [0, 0.05) is 26.8 Å². The Labute approximate surface area is 218 Å². The van der Waals surface area contributed by atoms with Gasteiger partial charge in [-0.2, -0.15) is 0 Å². The van der Waals surface area contributed by atoms with Gasteiger partial charge in [-0.3, -0.25) is 4.79 Å². The first-order valence-corrected chi connectivity index (χ1v) is 16.6. The van der Waals surface area contributed by atoms with E-state index in [1.165, 1.54) is 15.7 Å². The number of carbonyl (C=O) groups excluding carboxylic acids is 1. The van der Waals surface area contributed by atoms with Crippen molar-refractivity contribution < 1.29 is 13.9 Å². The summed E-state index contributed by atoms with van der Waals surface area (Å²) in [6.07, 6.45) is 0.837. The van der Waals surface area contributed by atoms with Crippen LogP contribution in [0.15, 0.2) is 75.9 Å². The lowest BCUT2D eigenvalue weighted by atomic mass is 9.98. The molecule has 1 amide bonds. The fourth-order valence-electron chi connectivity index (χ4n) is 4.86. The molecule has 0 saturated heterocycles. The van der Waals surface area contributed by atoms with Gasteiger partial charge < -0.3 is 14.1 Å². The Bertz CT molecular complexity index is 1480. The molecule has 0 fully saturated rings. The Kier molecular flexibility index (Phi) is 6.92. The van der Waals surface area contributed by atoms with Crippen LogP contribution in [0.25, 0.3) is 11.1 Å². The molecule has 0 radical (unpaired) electrons. The van der Waals surface area contributed by atoms with Crippen molar-refractivity contribution in [2.24, 2.45) is 0 Å². The maximum absolute atomic E-state index is 13.3. The third-order valence-electron chi connectivity index (χ3n) is 7.08. The van der Waals surface area contributed by atoms with Crippen LogP contribution < -0.4 is 5.76 Å². The fourth-order valence-corrected chi connectivity index (χ4v) is 5.62. The average Bonchev–Trinajstić information content (AvgIpc) is 3.29. The van der Waals surface area contributed by atoms with Crippen LogP contribution in [0, 0.1) is 0 Å². The second-order valence-electron chi connectivity index (χ2n) is 11.1. The van der Waals surface area contributed by atoms with E-state index >= 15 is 0 Å². The van der Waals surface area contributed by atoms with Crippen molar-refractivity contribution in [3.63, 3.8) is 0 Å². The van der Waals surface area contributed by atoms with Gasteiger partial charge in [-0.05, 0) is 59.8 Å². The maximum atomic E-state index is 13.3. The Hall–Kier alpha value is -3.42. The summed E-state index contributed by atoms with van der Waals surface area (Å²) in [6, 6.07) is 23.2. The predicted octanol–water partition coefficient (Wildman–Crippen LogP) is 6.21. The van der Waals surface area contributed by atoms with Crippen LogP contribution >= 0.6 is 0 Å². The number of carbonyl (C=O) groups is 1. The van der Waals surface area contributed by atoms with Gasteiger partial charge in [0.15, 0.2) is 5.58 Å². The zero-order valence-corrected chi connectivity index (χ0v) is 23.0. The van der Waals surface area contributed by atoms with Gasteiger partial charge in [0.05, 0.1) is 11.6 Å². The van der Waals surface area contributed by atoms with Crippen molar-refractivity contribution in [3.8, 4) is 0 Å². The molecular formula is C30H34N2O4Si. The van der Waals surface area contributed by atoms with Crippen molar-refractivity contribution in [2.75, 3.05) is 6.61 Å². The number of fused-ring (bicyclic) bond motifs is 2. The van der Waals surface area contributed by atoms with Crippen LogP contribution in [0.4, 0.5) is 0 Å². The van der Waals surface area contributed by atoms with Crippen LogP contribution in [-0.2, 0) is 24.4 Å². The number of benzene rings is 3. The maximum Gasteiger partial charge on any atom is 0.421 e. The average molecular weight is 515 g/mol. The molecule has 192 valence electrons. The number of hydrogen-bond acceptors (Lipinski definition) is 4. The Balaban J connectivity index is 1.30. The van der Waals surface area contributed by atoms with Crippen molar-refractivity contribution in [3.05, 3.63) is 105 Å². The molecule has 0 N–H and O–H groups in total. The number of oxazole rings is 1. The number of ether oxygens (including phenoxy) is 1. The minimum atomic E-state index is -1.20. The summed E-state index contributed by atoms with van der Waals surface area (Å²) in [6.45, 7) is 10.2. The summed E-state index contributed by atoms with van der Waals surface area (Å²) < 4.78 is 12.8. The molecule has 3 aromatic carbocycles. The summed E-state index contributed by atoms with van der Waals surface area (Å²) in [5.41, 5.74) is 6.41. The quantitative estimate of drug-likeness (QED) is 0.197. The van der Waals surface area contributed by atoms with Gasteiger partial charge in [0.25, 0.3) is 5.91 Å². The summed E-state index contributed by atoms with van der Waals surface area (Å²) in [4.78, 5) is 27.6. The third-order valence-corrected chi connectivity index (χ3v) is 8.78. The predicted molar refractivity (Wildman–Crippen MR) is 149 cm³/mol. The molecule has 0 spiro atoms. The van der Waals surface area contributed by atoms with Crippen molar-refractivity contribution >= 4 is 25.1 Å². The molecule has 1 unspecified atom stereocenters. The topological polar surface area (TPSA) is 64.7 Å². The number of rotatable bonds is 9. The van der Waals surface area contributed by atoms with Gasteiger partial charge in [-0.15, -0.1) is 0 Å². The molecule has 1 atom stereocenters. The van der Waals surface area contributed by atoms with Crippen LogP contribution in [0.3, 0.4) is 0 Å². The van der Waals surface area contributed by atoms with Crippen LogP contribution in [0.5, 0.6) is 0 Å². The lowest BCUT2D eigenvalue weighted by molar-refractivity contribution is 0.0723. The molecule has 4 aromatic rings. The molecule has 1 aliphatic rings. The van der Waals surface area contributed by atoms with Gasteiger partial charge in [0.1, 0.15) is 6.73 Å². The first kappa shape index (κ1) is 25.2. The van der Waals surface area contributed by atoms with Crippen molar-refractivity contribution in [1.29, 1.82) is 0 Å². The van der Waals surface area contributed by atoms with Crippen molar-refractivity contribution in [2.45, 2.75) is 58.3 Å². The lowest BCUT2D eigenvalue weighted by Gasteiger charge is -2.22. The van der Waals surface area contributed by atoms with Crippen LogP contribution in [0.2, 0.25) is 25.7 Å². The smallest absolute Gasteiger partial charge is 0.408 e. The third kappa shape index (κ3) is 5.48. The molecule has 1 aromatic heterocycles. The van der Waals surface area contributed by atoms with E-state index in [0.717, 1.165) is 29.2 Å². The van der Waals surface area contributed by atoms with E-state index in [2.05, 4.69) is 50.8 Å². The van der Waals surface area contributed by atoms with Crippen LogP contribution in [-0.4, -0.2) is 30.1 Å². The highest BCUT2D eigenvalue weighted by molar-refractivity contribution is 6.76. The molecule has 0 saturated carbocycles. The van der Waals surface area contributed by atoms with Crippen molar-refractivity contribution in [1.82, 2.24) is 9.47 Å². The van der Waals surface area contributed by atoms with E-state index in [9.17, 15) is 9.59 Å². The van der Waals surface area contributed by atoms with E-state index < -0.39 is 13.8 Å². The number of nitrogens with zero attached hydrogens (tertiary/aromatic N) is 2. The molecule has 0 bridgehead atoms. The molecule has 2 heterocycles. The van der Waals surface area contributed by atoms with E-state index in [1.54, 1.807) is 0 Å². The largest absolute Gasteiger partial charge is 0.421 e. The molecule has 5 rings (SSSR count). The fraction of sp³-hybridized carbons (Fsp3) is 0.333. The normalized spacial score (nSPS) is 15.5. The molecular weight excluding hydrogens is 480 g/mol. The monoisotopic (exact) mass is 514 g/mol. The highest BCUT2D eigenvalue weighted by Gasteiger charge is 2.34. The number of hydrogen-bond donors (Lipinski definition) is 0. The second-order valence-corrected chi connectivity index (χ2v) is 16.8. The van der Waals surface area contributed by atoms with E-state index in [0.29, 0.717) is 24.3 Å². The summed E-state index contributed by atoms with van der Waals surface area (Å²) in [5, 5.41) is 0. The molecule has 1 aliphatic heterocycles. The van der Waals surface area contributed by atoms with E-state index in [-0.39, 0.29) is 18.7 Å². The highest BCUT2D eigenvalue weighted by atomic mass is 28.3. The zero-order valence-electron chi connectivity index (χ0n) is 22.0. The SMILES string of the molecule is CC1c2cc(Cc3ccccc3)ccc2C(=O)N1Cc1ccc2c(c1)oc(=O)n2COCC[Si](C)(C)C. The standard InChI is InChI=1S/C30H34N2O4Si/c1-21-26-17-23(16-22-8-6-5-7-9-22)10-12-25(26)29(33)31(21)19-24-11-13-27-28(18-24)36-30(34)32(27)20-35-14-15-37(2,3)4/h5-13,17-18,21H,14-16,19-20H2,1-4H3. The van der Waals surface area contributed by atoms with E-state index in [4.69, 9.17) is 9.15 Å². The molecule has 0 aliphatic carbocycles. The highest BCUT2D eigenvalue weighted by Crippen LogP contribution is 2.35. The minimum absolute atomic E-state index is 0.0312. The Morgan fingerprint density at radius 2 is 1.68 bits per heavy atom. The molecule has 7 heteroatoms. The van der Waals surface area contributed by atoms with E-state index in [1.807, 2.05) is 47.4 Å². The first-order chi connectivity index (χ1) is 17.7. The minimum Gasteiger partial charge on any atom is -0.408 e. The Morgan fingerprint density at radius 3 is 2.43 bits per heavy atom. The van der Waals surface area contributed by atoms with Gasteiger partial charge >= 0.3 is 5.76 Å². The zero-order chi connectivity index (χ0) is 26.2. The van der Waals surface area contributed by atoms with Gasteiger partial charge in [-0.25, -0.2) is 9.36 Å². The Morgan fingerprint density at radius 1 is 0.919 bits per heavy atom. The van der Waals surface area contributed by atoms with Gasteiger partial charge in [0.2, 0.25) is 0 Å². The van der Waals surface area contributed by atoms with Crippen LogP contribution in [0.1, 0.15) is 45.6 Å². The lowest BCUT2D eigenvalue weighted by Crippen LogP contribution is -2.26. The first-order valence-electron chi connectivity index (χ1n) is 12.9. The second kappa shape index (κ2) is 10.1. The number of amides is 1. The molecule has 6 nitrogen and oxygen atoms in total. The number of aromatic nitrogens is 1. The summed E-state index contributed by atoms with van der Waals surface area (Å²) in [5.74, 6) is -0.396. The summed E-state index contributed by atoms with van der Waals surface area (Å²) >= 11 is 0. The summed E-state index contributed by atoms with van der Waals surface area (Å²) in [7, 11) is -1.20. The van der Waals surface area contributed by atoms with Gasteiger partial charge in [-0.1, -0.05) is 68.2 Å².